The van der Waals surface area contributed by atoms with Gasteiger partial charge in [0.1, 0.15) is 5.82 Å². The van der Waals surface area contributed by atoms with Crippen molar-refractivity contribution in [1.29, 1.82) is 0 Å². The normalized spacial score (nSPS) is 12.2. The van der Waals surface area contributed by atoms with Crippen molar-refractivity contribution < 1.29 is 9.18 Å². The van der Waals surface area contributed by atoms with Crippen LogP contribution in [0.15, 0.2) is 60.0 Å². The molecule has 0 bridgehead atoms. The van der Waals surface area contributed by atoms with Crippen LogP contribution in [0.25, 0.3) is 0 Å². The summed E-state index contributed by atoms with van der Waals surface area (Å²) in [6.45, 7) is 2.07. The van der Waals surface area contributed by atoms with Crippen molar-refractivity contribution in [1.82, 2.24) is 9.88 Å². The summed E-state index contributed by atoms with van der Waals surface area (Å²) in [5, 5.41) is 5.24. The highest BCUT2D eigenvalue weighted by Gasteiger charge is 2.20. The average Bonchev–Trinajstić information content (AvgIpc) is 3.04. The van der Waals surface area contributed by atoms with Gasteiger partial charge in [-0.2, -0.15) is 0 Å². The highest BCUT2D eigenvalue weighted by molar-refractivity contribution is 7.13. The molecule has 2 aromatic carbocycles. The van der Waals surface area contributed by atoms with Crippen LogP contribution < -0.4 is 5.32 Å². The number of halogens is 1. The summed E-state index contributed by atoms with van der Waals surface area (Å²) >= 11 is 1.41. The Morgan fingerprint density at radius 2 is 1.81 bits per heavy atom. The van der Waals surface area contributed by atoms with Crippen molar-refractivity contribution in [2.45, 2.75) is 19.5 Å². The zero-order valence-corrected chi connectivity index (χ0v) is 15.5. The number of nitrogens with zero attached hydrogens (tertiary/aromatic N) is 2. The molecule has 0 fully saturated rings. The van der Waals surface area contributed by atoms with E-state index >= 15 is 0 Å². The summed E-state index contributed by atoms with van der Waals surface area (Å²) in [5.74, 6) is -0.379. The van der Waals surface area contributed by atoms with Gasteiger partial charge in [0.05, 0.1) is 11.7 Å². The summed E-state index contributed by atoms with van der Waals surface area (Å²) < 4.78 is 13.4. The Hall–Kier alpha value is -2.57. The third-order valence-corrected chi connectivity index (χ3v) is 4.79. The molecule has 1 N–H and O–H groups in total. The molecule has 1 unspecified atom stereocenters. The predicted molar refractivity (Wildman–Crippen MR) is 103 cm³/mol. The molecule has 0 saturated carbocycles. The van der Waals surface area contributed by atoms with Gasteiger partial charge < -0.3 is 5.32 Å². The van der Waals surface area contributed by atoms with Crippen LogP contribution in [-0.2, 0) is 11.3 Å². The van der Waals surface area contributed by atoms with Gasteiger partial charge >= 0.3 is 0 Å². The predicted octanol–water partition coefficient (Wildman–Crippen LogP) is 4.46. The number of rotatable bonds is 6. The second kappa shape index (κ2) is 8.21. The van der Waals surface area contributed by atoms with E-state index < -0.39 is 0 Å². The van der Waals surface area contributed by atoms with E-state index in [4.69, 9.17) is 0 Å². The molecular formula is C20H20FN3OS. The molecule has 0 aliphatic rings. The second-order valence-electron chi connectivity index (χ2n) is 6.11. The Balaban J connectivity index is 1.85. The largest absolute Gasteiger partial charge is 0.302 e. The second-order valence-corrected chi connectivity index (χ2v) is 6.96. The fourth-order valence-corrected chi connectivity index (χ4v) is 3.66. The van der Waals surface area contributed by atoms with Gasteiger partial charge in [-0.3, -0.25) is 9.69 Å². The van der Waals surface area contributed by atoms with Gasteiger partial charge in [0, 0.05) is 18.8 Å². The molecular weight excluding hydrogens is 349 g/mol. The first-order chi connectivity index (χ1) is 12.5. The Labute approximate surface area is 156 Å². The van der Waals surface area contributed by atoms with Crippen molar-refractivity contribution in [2.75, 3.05) is 12.4 Å². The van der Waals surface area contributed by atoms with Crippen molar-refractivity contribution in [2.24, 2.45) is 0 Å². The molecule has 3 rings (SSSR count). The SMILES string of the molecule is CC(=O)Nc1nc(CN(C)C(c2ccccc2)c2ccc(F)cc2)cs1. The molecule has 0 radical (unpaired) electrons. The standard InChI is InChI=1S/C20H20FN3OS/c1-14(25)22-20-23-18(13-26-20)12-24(2)19(15-6-4-3-5-7-15)16-8-10-17(21)11-9-16/h3-11,13,19H,12H2,1-2H3,(H,22,23,25). The van der Waals surface area contributed by atoms with Crippen LogP contribution >= 0.6 is 11.3 Å². The quantitative estimate of drug-likeness (QED) is 0.698. The molecule has 26 heavy (non-hydrogen) atoms. The first kappa shape index (κ1) is 18.2. The monoisotopic (exact) mass is 369 g/mol. The lowest BCUT2D eigenvalue weighted by atomic mass is 9.97. The van der Waals surface area contributed by atoms with E-state index in [1.807, 2.05) is 42.8 Å². The molecule has 4 nitrogen and oxygen atoms in total. The van der Waals surface area contributed by atoms with E-state index in [0.29, 0.717) is 11.7 Å². The van der Waals surface area contributed by atoms with Crippen molar-refractivity contribution >= 4 is 22.4 Å². The van der Waals surface area contributed by atoms with Gasteiger partial charge in [-0.25, -0.2) is 9.37 Å². The fraction of sp³-hybridized carbons (Fsp3) is 0.200. The van der Waals surface area contributed by atoms with Crippen LogP contribution in [0.3, 0.4) is 0 Å². The molecule has 6 heteroatoms. The summed E-state index contributed by atoms with van der Waals surface area (Å²) in [7, 11) is 2.01. The third kappa shape index (κ3) is 4.53. The molecule has 0 spiro atoms. The number of hydrogen-bond donors (Lipinski definition) is 1. The van der Waals surface area contributed by atoms with Crippen LogP contribution in [-0.4, -0.2) is 22.8 Å². The number of carbonyl (C=O) groups excluding carboxylic acids is 1. The number of hydrogen-bond acceptors (Lipinski definition) is 4. The summed E-state index contributed by atoms with van der Waals surface area (Å²) in [4.78, 5) is 17.8. The van der Waals surface area contributed by atoms with Gasteiger partial charge in [0.15, 0.2) is 5.13 Å². The summed E-state index contributed by atoms with van der Waals surface area (Å²) in [5.41, 5.74) is 3.01. The van der Waals surface area contributed by atoms with Gasteiger partial charge in [-0.1, -0.05) is 42.5 Å². The zero-order chi connectivity index (χ0) is 18.5. The number of nitrogens with one attached hydrogen (secondary N) is 1. The maximum Gasteiger partial charge on any atom is 0.223 e. The van der Waals surface area contributed by atoms with Crippen LogP contribution in [0.1, 0.15) is 29.8 Å². The van der Waals surface area contributed by atoms with E-state index in [1.165, 1.54) is 30.4 Å². The Morgan fingerprint density at radius 3 is 2.46 bits per heavy atom. The lowest BCUT2D eigenvalue weighted by molar-refractivity contribution is -0.114. The maximum atomic E-state index is 13.4. The van der Waals surface area contributed by atoms with E-state index in [2.05, 4.69) is 27.3 Å². The zero-order valence-electron chi connectivity index (χ0n) is 14.6. The van der Waals surface area contributed by atoms with Crippen LogP contribution in [0.5, 0.6) is 0 Å². The molecule has 3 aromatic rings. The van der Waals surface area contributed by atoms with Crippen molar-refractivity contribution in [3.05, 3.63) is 82.6 Å². The molecule has 0 aliphatic carbocycles. The first-order valence-corrected chi connectivity index (χ1v) is 9.13. The molecule has 134 valence electrons. The number of thiazole rings is 1. The molecule has 0 saturated heterocycles. The first-order valence-electron chi connectivity index (χ1n) is 8.25. The number of anilines is 1. The Kier molecular flexibility index (Phi) is 5.75. The fourth-order valence-electron chi connectivity index (χ4n) is 2.92. The average molecular weight is 369 g/mol. The summed E-state index contributed by atoms with van der Waals surface area (Å²) in [6.07, 6.45) is 0. The van der Waals surface area contributed by atoms with Gasteiger partial charge in [0.2, 0.25) is 5.91 Å². The van der Waals surface area contributed by atoms with E-state index in [-0.39, 0.29) is 17.8 Å². The minimum atomic E-state index is -0.248. The minimum Gasteiger partial charge on any atom is -0.302 e. The molecule has 0 aliphatic heterocycles. The molecule has 1 heterocycles. The van der Waals surface area contributed by atoms with E-state index in [1.54, 1.807) is 0 Å². The highest BCUT2D eigenvalue weighted by Crippen LogP contribution is 2.29. The lowest BCUT2D eigenvalue weighted by Crippen LogP contribution is -2.25. The number of aromatic nitrogens is 1. The van der Waals surface area contributed by atoms with Crippen LogP contribution in [0.2, 0.25) is 0 Å². The highest BCUT2D eigenvalue weighted by atomic mass is 32.1. The minimum absolute atomic E-state index is 0.0253. The smallest absolute Gasteiger partial charge is 0.223 e. The number of benzene rings is 2. The Morgan fingerprint density at radius 1 is 1.15 bits per heavy atom. The topological polar surface area (TPSA) is 45.2 Å². The molecule has 1 amide bonds. The Bertz CT molecular complexity index is 864. The maximum absolute atomic E-state index is 13.4. The lowest BCUT2D eigenvalue weighted by Gasteiger charge is -2.28. The molecule has 1 aromatic heterocycles. The van der Waals surface area contributed by atoms with Crippen LogP contribution in [0, 0.1) is 5.82 Å². The number of amides is 1. The summed E-state index contributed by atoms with van der Waals surface area (Å²) in [6, 6.07) is 16.7. The number of carbonyl (C=O) groups is 1. The van der Waals surface area contributed by atoms with Gasteiger partial charge in [-0.15, -0.1) is 11.3 Å². The van der Waals surface area contributed by atoms with E-state index in [0.717, 1.165) is 16.8 Å². The van der Waals surface area contributed by atoms with Crippen molar-refractivity contribution in [3.63, 3.8) is 0 Å². The third-order valence-electron chi connectivity index (χ3n) is 3.99. The van der Waals surface area contributed by atoms with Crippen LogP contribution in [0.4, 0.5) is 9.52 Å². The van der Waals surface area contributed by atoms with Gasteiger partial charge in [-0.05, 0) is 30.3 Å². The van der Waals surface area contributed by atoms with Crippen molar-refractivity contribution in [3.8, 4) is 0 Å². The van der Waals surface area contributed by atoms with E-state index in [9.17, 15) is 9.18 Å². The molecule has 1 atom stereocenters. The van der Waals surface area contributed by atoms with Gasteiger partial charge in [0.25, 0.3) is 0 Å².